The Morgan fingerprint density at radius 3 is 1.57 bits per heavy atom. The van der Waals surface area contributed by atoms with E-state index in [1.54, 1.807) is 0 Å². The average Bonchev–Trinajstić information content (AvgIpc) is 2.84. The summed E-state index contributed by atoms with van der Waals surface area (Å²) >= 11 is 0. The van der Waals surface area contributed by atoms with Crippen LogP contribution in [-0.2, 0) is 4.79 Å². The summed E-state index contributed by atoms with van der Waals surface area (Å²) in [5.74, 6) is -5.21. The summed E-state index contributed by atoms with van der Waals surface area (Å²) in [6.45, 7) is 0. The zero-order valence-corrected chi connectivity index (χ0v) is 15.4. The Labute approximate surface area is 159 Å². The predicted octanol–water partition coefficient (Wildman–Crippen LogP) is 5.03. The molecule has 1 atom stereocenters. The Hall–Kier alpha value is -1.48. The van der Waals surface area contributed by atoms with Crippen molar-refractivity contribution in [1.82, 2.24) is 9.80 Å². The van der Waals surface area contributed by atoms with Crippen molar-refractivity contribution in [1.29, 1.82) is 0 Å². The molecule has 10 heteroatoms. The molecule has 3 rings (SSSR count). The first-order valence-corrected chi connectivity index (χ1v) is 9.82. The zero-order valence-electron chi connectivity index (χ0n) is 15.4. The van der Waals surface area contributed by atoms with Crippen molar-refractivity contribution in [3.8, 4) is 0 Å². The summed E-state index contributed by atoms with van der Waals surface area (Å²) in [4.78, 5) is 27.2. The van der Waals surface area contributed by atoms with E-state index in [9.17, 15) is 35.9 Å². The van der Waals surface area contributed by atoms with Gasteiger partial charge >= 0.3 is 18.4 Å². The lowest BCUT2D eigenvalue weighted by Gasteiger charge is -2.37. The molecular weight excluding hydrogens is 390 g/mol. The number of nitrogens with zero attached hydrogens (tertiary/aromatic N) is 2. The fraction of sp³-hybridized carbons (Fsp3) is 0.889. The van der Waals surface area contributed by atoms with E-state index in [4.69, 9.17) is 0 Å². The molecule has 3 fully saturated rings. The second-order valence-electron chi connectivity index (χ2n) is 7.99. The van der Waals surface area contributed by atoms with Gasteiger partial charge < -0.3 is 4.90 Å². The Balaban J connectivity index is 2.01. The molecule has 0 aromatic carbocycles. The third-order valence-corrected chi connectivity index (χ3v) is 6.15. The minimum absolute atomic E-state index is 0.316. The van der Waals surface area contributed by atoms with Crippen molar-refractivity contribution in [2.24, 2.45) is 5.92 Å². The van der Waals surface area contributed by atoms with Crippen molar-refractivity contribution in [2.45, 2.75) is 94.7 Å². The molecule has 160 valence electrons. The Bertz CT molecular complexity index is 580. The molecular formula is C18H24F6N2O2. The molecule has 3 amide bonds. The lowest BCUT2D eigenvalue weighted by atomic mass is 9.90. The lowest BCUT2D eigenvalue weighted by molar-refractivity contribution is -0.294. The third kappa shape index (κ3) is 3.96. The first-order chi connectivity index (χ1) is 13.0. The van der Waals surface area contributed by atoms with E-state index < -0.39 is 48.3 Å². The maximum atomic E-state index is 13.4. The molecule has 3 aliphatic rings. The van der Waals surface area contributed by atoms with E-state index in [2.05, 4.69) is 0 Å². The number of imide groups is 1. The van der Waals surface area contributed by atoms with Gasteiger partial charge in [0.15, 0.2) is 5.92 Å². The number of hydrogen-bond donors (Lipinski definition) is 0. The fourth-order valence-corrected chi connectivity index (χ4v) is 4.86. The summed E-state index contributed by atoms with van der Waals surface area (Å²) in [5.41, 5.74) is 0. The van der Waals surface area contributed by atoms with Crippen LogP contribution in [0.5, 0.6) is 0 Å². The summed E-state index contributed by atoms with van der Waals surface area (Å²) < 4.78 is 80.7. The minimum atomic E-state index is -5.67. The maximum Gasteiger partial charge on any atom is 0.403 e. The summed E-state index contributed by atoms with van der Waals surface area (Å²) in [6, 6.07) is -4.92. The zero-order chi connectivity index (χ0) is 20.7. The summed E-state index contributed by atoms with van der Waals surface area (Å²) in [7, 11) is 0. The molecule has 1 heterocycles. The molecule has 1 unspecified atom stereocenters. The monoisotopic (exact) mass is 414 g/mol. The van der Waals surface area contributed by atoms with Crippen molar-refractivity contribution >= 4 is 11.9 Å². The van der Waals surface area contributed by atoms with Crippen LogP contribution in [-0.4, -0.2) is 52.2 Å². The average molecular weight is 414 g/mol. The van der Waals surface area contributed by atoms with Gasteiger partial charge in [-0.2, -0.15) is 26.3 Å². The number of carbonyl (C=O) groups is 2. The van der Waals surface area contributed by atoms with Gasteiger partial charge in [-0.05, 0) is 25.7 Å². The van der Waals surface area contributed by atoms with E-state index >= 15 is 0 Å². The van der Waals surface area contributed by atoms with E-state index in [0.717, 1.165) is 12.8 Å². The number of alkyl halides is 6. The fourth-order valence-electron chi connectivity index (χ4n) is 4.86. The number of urea groups is 1. The van der Waals surface area contributed by atoms with Crippen LogP contribution in [0.1, 0.15) is 64.2 Å². The van der Waals surface area contributed by atoms with Gasteiger partial charge in [-0.3, -0.25) is 9.69 Å². The normalized spacial score (nSPS) is 26.6. The largest absolute Gasteiger partial charge is 0.403 e. The van der Waals surface area contributed by atoms with E-state index in [0.29, 0.717) is 61.2 Å². The predicted molar refractivity (Wildman–Crippen MR) is 87.2 cm³/mol. The third-order valence-electron chi connectivity index (χ3n) is 6.15. The molecule has 4 nitrogen and oxygen atoms in total. The highest BCUT2D eigenvalue weighted by Gasteiger charge is 2.68. The molecule has 0 spiro atoms. The highest BCUT2D eigenvalue weighted by atomic mass is 19.4. The standard InChI is InChI=1S/C18H24F6N2O2/c19-17(20,21)14(18(22,23)24)13-15(27)26(12-9-5-2-6-10-12)16(28)25(13)11-7-3-1-4-8-11/h11-14H,1-10H2. The molecule has 0 radical (unpaired) electrons. The first kappa shape index (κ1) is 21.2. The van der Waals surface area contributed by atoms with E-state index in [1.807, 2.05) is 0 Å². The molecule has 1 saturated heterocycles. The van der Waals surface area contributed by atoms with Gasteiger partial charge in [-0.25, -0.2) is 4.79 Å². The molecule has 0 N–H and O–H groups in total. The number of hydrogen-bond acceptors (Lipinski definition) is 2. The van der Waals surface area contributed by atoms with Crippen LogP contribution >= 0.6 is 0 Å². The molecule has 0 bridgehead atoms. The van der Waals surface area contributed by atoms with Gasteiger partial charge in [0.25, 0.3) is 5.91 Å². The van der Waals surface area contributed by atoms with E-state index in [-0.39, 0.29) is 0 Å². The van der Waals surface area contributed by atoms with Crippen LogP contribution in [0.3, 0.4) is 0 Å². The number of amides is 3. The summed E-state index contributed by atoms with van der Waals surface area (Å²) in [5, 5.41) is 0. The molecule has 28 heavy (non-hydrogen) atoms. The van der Waals surface area contributed by atoms with Gasteiger partial charge in [0.05, 0.1) is 0 Å². The second kappa shape index (κ2) is 7.74. The molecule has 2 aliphatic carbocycles. The van der Waals surface area contributed by atoms with Gasteiger partial charge in [0, 0.05) is 12.1 Å². The van der Waals surface area contributed by atoms with Crippen molar-refractivity contribution in [3.63, 3.8) is 0 Å². The minimum Gasteiger partial charge on any atom is -0.308 e. The lowest BCUT2D eigenvalue weighted by Crippen LogP contribution is -2.56. The molecule has 1 aliphatic heterocycles. The van der Waals surface area contributed by atoms with Crippen molar-refractivity contribution in [2.75, 3.05) is 0 Å². The molecule has 0 aromatic rings. The van der Waals surface area contributed by atoms with Crippen LogP contribution in [0, 0.1) is 5.92 Å². The Kier molecular flexibility index (Phi) is 5.87. The number of halogens is 6. The first-order valence-electron chi connectivity index (χ1n) is 9.82. The quantitative estimate of drug-likeness (QED) is 0.480. The van der Waals surface area contributed by atoms with Crippen LogP contribution in [0.15, 0.2) is 0 Å². The highest BCUT2D eigenvalue weighted by Crippen LogP contribution is 2.47. The van der Waals surface area contributed by atoms with Gasteiger partial charge in [-0.15, -0.1) is 0 Å². The van der Waals surface area contributed by atoms with Crippen LogP contribution in [0.2, 0.25) is 0 Å². The van der Waals surface area contributed by atoms with Crippen molar-refractivity contribution in [3.05, 3.63) is 0 Å². The van der Waals surface area contributed by atoms with Gasteiger partial charge in [0.2, 0.25) is 0 Å². The molecule has 2 saturated carbocycles. The Morgan fingerprint density at radius 1 is 0.714 bits per heavy atom. The summed E-state index contributed by atoms with van der Waals surface area (Å²) in [6.07, 6.45) is -5.58. The Morgan fingerprint density at radius 2 is 1.14 bits per heavy atom. The smallest absolute Gasteiger partial charge is 0.308 e. The van der Waals surface area contributed by atoms with Crippen LogP contribution < -0.4 is 0 Å². The second-order valence-corrected chi connectivity index (χ2v) is 7.99. The van der Waals surface area contributed by atoms with Gasteiger partial charge in [-0.1, -0.05) is 38.5 Å². The topological polar surface area (TPSA) is 40.6 Å². The number of carbonyl (C=O) groups excluding carboxylic acids is 2. The SMILES string of the molecule is O=C1C(C(C(F)(F)F)C(F)(F)F)N(C2CCCCC2)C(=O)N1C1CCCCC1. The van der Waals surface area contributed by atoms with Crippen molar-refractivity contribution < 1.29 is 35.9 Å². The van der Waals surface area contributed by atoms with Crippen LogP contribution in [0.4, 0.5) is 31.1 Å². The highest BCUT2D eigenvalue weighted by molar-refractivity contribution is 6.05. The maximum absolute atomic E-state index is 13.4. The molecule has 0 aromatic heterocycles. The number of rotatable bonds is 3. The van der Waals surface area contributed by atoms with Crippen LogP contribution in [0.25, 0.3) is 0 Å². The van der Waals surface area contributed by atoms with Gasteiger partial charge in [0.1, 0.15) is 6.04 Å². The van der Waals surface area contributed by atoms with E-state index in [1.165, 1.54) is 0 Å².